The van der Waals surface area contributed by atoms with Crippen LogP contribution in [0.3, 0.4) is 0 Å². The van der Waals surface area contributed by atoms with Gasteiger partial charge in [0.25, 0.3) is 5.91 Å². The molecule has 1 N–H and O–H groups in total. The van der Waals surface area contributed by atoms with Gasteiger partial charge in [0.05, 0.1) is 5.69 Å². The molecule has 0 radical (unpaired) electrons. The Bertz CT molecular complexity index is 904. The highest BCUT2D eigenvalue weighted by Crippen LogP contribution is 2.13. The first-order chi connectivity index (χ1) is 14.8. The van der Waals surface area contributed by atoms with Crippen LogP contribution in [0.25, 0.3) is 0 Å². The van der Waals surface area contributed by atoms with Crippen LogP contribution in [0.1, 0.15) is 35.7 Å². The molecule has 3 rings (SSSR count). The summed E-state index contributed by atoms with van der Waals surface area (Å²) in [6, 6.07) is 10.2. The van der Waals surface area contributed by atoms with Gasteiger partial charge in [-0.3, -0.25) is 9.59 Å². The van der Waals surface area contributed by atoms with Gasteiger partial charge in [-0.15, -0.1) is 0 Å². The molecule has 1 atom stereocenters. The van der Waals surface area contributed by atoms with Gasteiger partial charge in [-0.2, -0.15) is 0 Å². The maximum atomic E-state index is 13.0. The first kappa shape index (κ1) is 22.3. The van der Waals surface area contributed by atoms with E-state index in [2.05, 4.69) is 10.5 Å². The Morgan fingerprint density at radius 1 is 1.10 bits per heavy atom. The standard InChI is InChI=1S/C22H28N4O5/c1-15(2)19(23-22(29)30-14-17-7-5-4-6-8-17)21(28)26-11-9-25(10-12-26)20(27)18-13-16(3)24-31-18/h4-8,13,15,19H,9-12,14H2,1-3H3,(H,23,29)/t19-/m0/s1. The molecule has 0 unspecified atom stereocenters. The fourth-order valence-electron chi connectivity index (χ4n) is 3.35. The molecule has 2 aromatic rings. The number of carbonyl (C=O) groups excluding carboxylic acids is 3. The predicted octanol–water partition coefficient (Wildman–Crippen LogP) is 2.22. The minimum atomic E-state index is -0.706. The van der Waals surface area contributed by atoms with Crippen molar-refractivity contribution in [2.24, 2.45) is 5.92 Å². The Kier molecular flexibility index (Phi) is 7.28. The van der Waals surface area contributed by atoms with Gasteiger partial charge in [-0.1, -0.05) is 49.3 Å². The molecule has 1 aliphatic heterocycles. The highest BCUT2D eigenvalue weighted by molar-refractivity contribution is 5.92. The number of alkyl carbamates (subject to hydrolysis) is 1. The Morgan fingerprint density at radius 3 is 2.32 bits per heavy atom. The van der Waals surface area contributed by atoms with Crippen LogP contribution in [-0.4, -0.2) is 65.1 Å². The van der Waals surface area contributed by atoms with Gasteiger partial charge in [0.1, 0.15) is 12.6 Å². The number of carbonyl (C=O) groups is 3. The van der Waals surface area contributed by atoms with E-state index < -0.39 is 12.1 Å². The zero-order valence-corrected chi connectivity index (χ0v) is 18.0. The van der Waals surface area contributed by atoms with E-state index in [1.165, 1.54) is 0 Å². The molecule has 1 fully saturated rings. The van der Waals surface area contributed by atoms with E-state index in [1.54, 1.807) is 22.8 Å². The molecule has 1 aliphatic rings. The van der Waals surface area contributed by atoms with Gasteiger partial charge in [0.2, 0.25) is 11.7 Å². The molecule has 2 heterocycles. The molecular weight excluding hydrogens is 400 g/mol. The molecule has 3 amide bonds. The number of benzene rings is 1. The number of aryl methyl sites for hydroxylation is 1. The number of rotatable bonds is 6. The minimum absolute atomic E-state index is 0.117. The van der Waals surface area contributed by atoms with Crippen molar-refractivity contribution in [3.8, 4) is 0 Å². The Balaban J connectivity index is 1.52. The van der Waals surface area contributed by atoms with Crippen molar-refractivity contribution in [2.45, 2.75) is 33.4 Å². The Morgan fingerprint density at radius 2 is 1.74 bits per heavy atom. The second-order valence-electron chi connectivity index (χ2n) is 7.88. The number of nitrogens with zero attached hydrogens (tertiary/aromatic N) is 3. The van der Waals surface area contributed by atoms with E-state index in [1.807, 2.05) is 44.2 Å². The average molecular weight is 428 g/mol. The summed E-state index contributed by atoms with van der Waals surface area (Å²) < 4.78 is 10.3. The second kappa shape index (κ2) is 10.1. The molecule has 0 aliphatic carbocycles. The lowest BCUT2D eigenvalue weighted by Gasteiger charge is -2.36. The summed E-state index contributed by atoms with van der Waals surface area (Å²) in [6.07, 6.45) is -0.634. The van der Waals surface area contributed by atoms with E-state index in [0.717, 1.165) is 5.56 Å². The van der Waals surface area contributed by atoms with Gasteiger partial charge in [0, 0.05) is 32.2 Å². The van der Waals surface area contributed by atoms with Crippen LogP contribution >= 0.6 is 0 Å². The van der Waals surface area contributed by atoms with Crippen molar-refractivity contribution in [1.29, 1.82) is 0 Å². The van der Waals surface area contributed by atoms with Crippen LogP contribution < -0.4 is 5.32 Å². The Hall–Kier alpha value is -3.36. The van der Waals surface area contributed by atoms with Gasteiger partial charge in [-0.25, -0.2) is 4.79 Å². The summed E-state index contributed by atoms with van der Waals surface area (Å²) in [7, 11) is 0. The van der Waals surface area contributed by atoms with Crippen LogP contribution in [0.15, 0.2) is 40.9 Å². The summed E-state index contributed by atoms with van der Waals surface area (Å²) >= 11 is 0. The topological polar surface area (TPSA) is 105 Å². The molecular formula is C22H28N4O5. The van der Waals surface area contributed by atoms with Crippen molar-refractivity contribution in [1.82, 2.24) is 20.3 Å². The largest absolute Gasteiger partial charge is 0.445 e. The van der Waals surface area contributed by atoms with Gasteiger partial charge in [-0.05, 0) is 18.4 Å². The van der Waals surface area contributed by atoms with E-state index in [4.69, 9.17) is 9.26 Å². The summed E-state index contributed by atoms with van der Waals surface area (Å²) in [5, 5.41) is 6.43. The van der Waals surface area contributed by atoms with Crippen molar-refractivity contribution in [3.63, 3.8) is 0 Å². The van der Waals surface area contributed by atoms with E-state index in [0.29, 0.717) is 31.9 Å². The zero-order valence-electron chi connectivity index (χ0n) is 18.0. The number of aromatic nitrogens is 1. The third-order valence-electron chi connectivity index (χ3n) is 5.14. The average Bonchev–Trinajstić information content (AvgIpc) is 3.22. The van der Waals surface area contributed by atoms with Crippen molar-refractivity contribution in [3.05, 3.63) is 53.4 Å². The first-order valence-electron chi connectivity index (χ1n) is 10.3. The number of hydrogen-bond acceptors (Lipinski definition) is 6. The summed E-state index contributed by atoms with van der Waals surface area (Å²) in [5.41, 5.74) is 1.51. The van der Waals surface area contributed by atoms with E-state index >= 15 is 0 Å². The van der Waals surface area contributed by atoms with Gasteiger partial charge in [0.15, 0.2) is 0 Å². The molecule has 9 nitrogen and oxygen atoms in total. The number of amides is 3. The second-order valence-corrected chi connectivity index (χ2v) is 7.88. The Labute approximate surface area is 181 Å². The molecule has 1 aromatic heterocycles. The molecule has 166 valence electrons. The van der Waals surface area contributed by atoms with Crippen LogP contribution in [0.4, 0.5) is 4.79 Å². The highest BCUT2D eigenvalue weighted by atomic mass is 16.5. The zero-order chi connectivity index (χ0) is 22.4. The maximum absolute atomic E-state index is 13.0. The lowest BCUT2D eigenvalue weighted by atomic mass is 10.0. The van der Waals surface area contributed by atoms with Crippen molar-refractivity contribution < 1.29 is 23.6 Å². The van der Waals surface area contributed by atoms with Crippen molar-refractivity contribution in [2.75, 3.05) is 26.2 Å². The molecule has 0 spiro atoms. The van der Waals surface area contributed by atoms with Crippen LogP contribution in [0.2, 0.25) is 0 Å². The van der Waals surface area contributed by atoms with Crippen molar-refractivity contribution >= 4 is 17.9 Å². The summed E-state index contributed by atoms with van der Waals surface area (Å²) in [6.45, 7) is 7.14. The van der Waals surface area contributed by atoms with Crippen LogP contribution in [0, 0.1) is 12.8 Å². The summed E-state index contributed by atoms with van der Waals surface area (Å²) in [5.74, 6) is -0.348. The predicted molar refractivity (Wildman–Crippen MR) is 112 cm³/mol. The third-order valence-corrected chi connectivity index (χ3v) is 5.14. The van der Waals surface area contributed by atoms with Gasteiger partial charge < -0.3 is 24.4 Å². The molecule has 0 bridgehead atoms. The highest BCUT2D eigenvalue weighted by Gasteiger charge is 2.32. The molecule has 1 saturated heterocycles. The first-order valence-corrected chi connectivity index (χ1v) is 10.3. The lowest BCUT2D eigenvalue weighted by Crippen LogP contribution is -2.57. The fraction of sp³-hybridized carbons (Fsp3) is 0.455. The summed E-state index contributed by atoms with van der Waals surface area (Å²) in [4.78, 5) is 41.0. The molecule has 0 saturated carbocycles. The quantitative estimate of drug-likeness (QED) is 0.756. The maximum Gasteiger partial charge on any atom is 0.408 e. The third kappa shape index (κ3) is 5.84. The molecule has 31 heavy (non-hydrogen) atoms. The normalized spacial score (nSPS) is 15.0. The number of nitrogens with one attached hydrogen (secondary N) is 1. The SMILES string of the molecule is Cc1cc(C(=O)N2CCN(C(=O)[C@@H](NC(=O)OCc3ccccc3)C(C)C)CC2)on1. The van der Waals surface area contributed by atoms with Crippen LogP contribution in [-0.2, 0) is 16.1 Å². The van der Waals surface area contributed by atoms with Gasteiger partial charge >= 0.3 is 6.09 Å². The molecule has 9 heteroatoms. The smallest absolute Gasteiger partial charge is 0.408 e. The van der Waals surface area contributed by atoms with Crippen LogP contribution in [0.5, 0.6) is 0 Å². The number of piperazine rings is 1. The van der Waals surface area contributed by atoms with E-state index in [9.17, 15) is 14.4 Å². The number of hydrogen-bond donors (Lipinski definition) is 1. The monoisotopic (exact) mass is 428 g/mol. The lowest BCUT2D eigenvalue weighted by molar-refractivity contribution is -0.136. The fourth-order valence-corrected chi connectivity index (χ4v) is 3.35. The minimum Gasteiger partial charge on any atom is -0.445 e. The van der Waals surface area contributed by atoms with E-state index in [-0.39, 0.29) is 30.1 Å². The number of ether oxygens (including phenoxy) is 1. The molecule has 1 aromatic carbocycles.